The first-order valence-corrected chi connectivity index (χ1v) is 9.19. The van der Waals surface area contributed by atoms with E-state index >= 15 is 0 Å². The Morgan fingerprint density at radius 3 is 2.67 bits per heavy atom. The predicted octanol–water partition coefficient (Wildman–Crippen LogP) is 4.01. The van der Waals surface area contributed by atoms with Crippen LogP contribution in [-0.4, -0.2) is 20.2 Å². The number of rotatable bonds is 4. The lowest BCUT2D eigenvalue weighted by Crippen LogP contribution is -2.10. The highest BCUT2D eigenvalue weighted by molar-refractivity contribution is 7.98. The lowest BCUT2D eigenvalue weighted by atomic mass is 10.2. The lowest BCUT2D eigenvalue weighted by Gasteiger charge is -1.98. The Morgan fingerprint density at radius 2 is 1.78 bits per heavy atom. The standard InChI is InChI=1S/C19H12N4O3S/c24-17-16-15(12-8-4-5-9-13(12)25-16)20-14(21-17)10-27-19-23-22-18(26-19)11-6-2-1-3-7-11/h1-9H,10H2,(H,20,21,24). The third-order valence-electron chi connectivity index (χ3n) is 4.04. The van der Waals surface area contributed by atoms with Crippen LogP contribution in [-0.2, 0) is 5.75 Å². The van der Waals surface area contributed by atoms with Crippen LogP contribution in [0.1, 0.15) is 5.82 Å². The van der Waals surface area contributed by atoms with Gasteiger partial charge in [-0.1, -0.05) is 42.1 Å². The molecule has 7 nitrogen and oxygen atoms in total. The average Bonchev–Trinajstić information content (AvgIpc) is 3.32. The number of hydrogen-bond acceptors (Lipinski definition) is 7. The molecule has 0 fully saturated rings. The summed E-state index contributed by atoms with van der Waals surface area (Å²) >= 11 is 1.31. The van der Waals surface area contributed by atoms with E-state index in [2.05, 4.69) is 20.2 Å². The number of aromatic nitrogens is 4. The quantitative estimate of drug-likeness (QED) is 0.473. The molecule has 3 aromatic heterocycles. The van der Waals surface area contributed by atoms with Gasteiger partial charge in [0.05, 0.1) is 5.75 Å². The maximum Gasteiger partial charge on any atom is 0.294 e. The molecule has 132 valence electrons. The number of nitrogens with zero attached hydrogens (tertiary/aromatic N) is 3. The molecule has 27 heavy (non-hydrogen) atoms. The minimum absolute atomic E-state index is 0.231. The normalized spacial score (nSPS) is 11.4. The maximum absolute atomic E-state index is 12.3. The van der Waals surface area contributed by atoms with Gasteiger partial charge in [0.25, 0.3) is 10.8 Å². The molecular formula is C19H12N4O3S. The smallest absolute Gasteiger partial charge is 0.294 e. The SMILES string of the molecule is O=c1[nH]c(CSc2nnc(-c3ccccc3)o2)nc2c1oc1ccccc12. The van der Waals surface area contributed by atoms with Crippen molar-refractivity contribution in [2.45, 2.75) is 11.0 Å². The molecular weight excluding hydrogens is 364 g/mol. The summed E-state index contributed by atoms with van der Waals surface area (Å²) in [7, 11) is 0. The molecule has 0 aliphatic carbocycles. The van der Waals surface area contributed by atoms with Gasteiger partial charge in [-0.15, -0.1) is 10.2 Å². The van der Waals surface area contributed by atoms with Crippen LogP contribution >= 0.6 is 11.8 Å². The maximum atomic E-state index is 12.3. The molecule has 3 heterocycles. The minimum atomic E-state index is -0.303. The summed E-state index contributed by atoms with van der Waals surface area (Å²) in [6.45, 7) is 0. The third kappa shape index (κ3) is 2.89. The molecule has 0 saturated heterocycles. The first-order valence-electron chi connectivity index (χ1n) is 8.20. The molecule has 8 heteroatoms. The van der Waals surface area contributed by atoms with E-state index in [1.807, 2.05) is 54.6 Å². The summed E-state index contributed by atoms with van der Waals surface area (Å²) < 4.78 is 11.3. The van der Waals surface area contributed by atoms with E-state index in [0.29, 0.717) is 33.8 Å². The van der Waals surface area contributed by atoms with Crippen LogP contribution in [0, 0.1) is 0 Å². The van der Waals surface area contributed by atoms with Gasteiger partial charge in [0.2, 0.25) is 11.5 Å². The van der Waals surface area contributed by atoms with E-state index in [-0.39, 0.29) is 11.1 Å². The number of aromatic amines is 1. The van der Waals surface area contributed by atoms with Gasteiger partial charge in [-0.05, 0) is 24.3 Å². The van der Waals surface area contributed by atoms with Gasteiger partial charge in [0, 0.05) is 10.9 Å². The molecule has 0 bridgehead atoms. The van der Waals surface area contributed by atoms with Crippen LogP contribution in [0.2, 0.25) is 0 Å². The molecule has 0 amide bonds. The summed E-state index contributed by atoms with van der Waals surface area (Å²) in [5, 5.41) is 9.32. The molecule has 0 atom stereocenters. The van der Waals surface area contributed by atoms with Crippen molar-refractivity contribution in [1.29, 1.82) is 0 Å². The second-order valence-corrected chi connectivity index (χ2v) is 6.74. The Morgan fingerprint density at radius 1 is 0.963 bits per heavy atom. The highest BCUT2D eigenvalue weighted by atomic mass is 32.2. The first kappa shape index (κ1) is 15.8. The van der Waals surface area contributed by atoms with Crippen LogP contribution in [0.15, 0.2) is 73.4 Å². The average molecular weight is 376 g/mol. The number of nitrogens with one attached hydrogen (secondary N) is 1. The number of furan rings is 1. The van der Waals surface area contributed by atoms with E-state index < -0.39 is 0 Å². The lowest BCUT2D eigenvalue weighted by molar-refractivity contribution is 0.465. The number of fused-ring (bicyclic) bond motifs is 3. The first-order chi connectivity index (χ1) is 13.3. The van der Waals surface area contributed by atoms with Gasteiger partial charge in [-0.3, -0.25) is 4.79 Å². The summed E-state index contributed by atoms with van der Waals surface area (Å²) in [6.07, 6.45) is 0. The van der Waals surface area contributed by atoms with E-state index in [9.17, 15) is 4.79 Å². The van der Waals surface area contributed by atoms with Gasteiger partial charge in [0.1, 0.15) is 16.9 Å². The number of hydrogen-bond donors (Lipinski definition) is 1. The number of benzene rings is 2. The Balaban J connectivity index is 1.43. The molecule has 5 rings (SSSR count). The van der Waals surface area contributed by atoms with Gasteiger partial charge in [-0.25, -0.2) is 4.98 Å². The Kier molecular flexibility index (Phi) is 3.75. The van der Waals surface area contributed by atoms with E-state index in [1.54, 1.807) is 0 Å². The van der Waals surface area contributed by atoms with Crippen molar-refractivity contribution in [1.82, 2.24) is 20.2 Å². The summed E-state index contributed by atoms with van der Waals surface area (Å²) in [6, 6.07) is 17.0. The molecule has 0 spiro atoms. The van der Waals surface area contributed by atoms with Crippen LogP contribution in [0.5, 0.6) is 0 Å². The monoisotopic (exact) mass is 376 g/mol. The minimum Gasteiger partial charge on any atom is -0.449 e. The second kappa shape index (κ2) is 6.40. The Hall–Kier alpha value is -3.39. The van der Waals surface area contributed by atoms with Crippen LogP contribution in [0.4, 0.5) is 0 Å². The zero-order chi connectivity index (χ0) is 18.2. The predicted molar refractivity (Wildman–Crippen MR) is 101 cm³/mol. The van der Waals surface area contributed by atoms with Crippen molar-refractivity contribution in [2.24, 2.45) is 0 Å². The zero-order valence-electron chi connectivity index (χ0n) is 13.9. The zero-order valence-corrected chi connectivity index (χ0v) is 14.7. The summed E-state index contributed by atoms with van der Waals surface area (Å²) in [5.74, 6) is 1.36. The molecule has 0 unspecified atom stereocenters. The van der Waals surface area contributed by atoms with Crippen molar-refractivity contribution < 1.29 is 8.83 Å². The molecule has 0 aliphatic rings. The molecule has 5 aromatic rings. The van der Waals surface area contributed by atoms with Gasteiger partial charge >= 0.3 is 0 Å². The van der Waals surface area contributed by atoms with Crippen LogP contribution < -0.4 is 5.56 Å². The molecule has 0 aliphatic heterocycles. The fourth-order valence-electron chi connectivity index (χ4n) is 2.81. The third-order valence-corrected chi connectivity index (χ3v) is 4.87. The van der Waals surface area contributed by atoms with E-state index in [1.165, 1.54) is 11.8 Å². The molecule has 0 saturated carbocycles. The fourth-order valence-corrected chi connectivity index (χ4v) is 3.44. The molecule has 0 radical (unpaired) electrons. The second-order valence-electron chi connectivity index (χ2n) is 5.82. The van der Waals surface area contributed by atoms with E-state index in [4.69, 9.17) is 8.83 Å². The van der Waals surface area contributed by atoms with Crippen molar-refractivity contribution >= 4 is 33.8 Å². The van der Waals surface area contributed by atoms with Crippen LogP contribution in [0.3, 0.4) is 0 Å². The fraction of sp³-hybridized carbons (Fsp3) is 0.0526. The molecule has 1 N–H and O–H groups in total. The van der Waals surface area contributed by atoms with Crippen LogP contribution in [0.25, 0.3) is 33.5 Å². The van der Waals surface area contributed by atoms with Gasteiger partial charge < -0.3 is 13.8 Å². The number of para-hydroxylation sites is 1. The van der Waals surface area contributed by atoms with E-state index in [0.717, 1.165) is 10.9 Å². The largest absolute Gasteiger partial charge is 0.449 e. The van der Waals surface area contributed by atoms with Crippen molar-refractivity contribution in [3.05, 3.63) is 70.8 Å². The van der Waals surface area contributed by atoms with Crippen molar-refractivity contribution in [3.8, 4) is 11.5 Å². The summed E-state index contributed by atoms with van der Waals surface area (Å²) in [4.78, 5) is 19.6. The highest BCUT2D eigenvalue weighted by Crippen LogP contribution is 2.27. The van der Waals surface area contributed by atoms with Crippen molar-refractivity contribution in [3.63, 3.8) is 0 Å². The van der Waals surface area contributed by atoms with Crippen molar-refractivity contribution in [2.75, 3.05) is 0 Å². The Labute approximate surface area is 156 Å². The number of H-pyrrole nitrogens is 1. The molecule has 2 aromatic carbocycles. The van der Waals surface area contributed by atoms with Gasteiger partial charge in [0.15, 0.2) is 0 Å². The topological polar surface area (TPSA) is 97.8 Å². The highest BCUT2D eigenvalue weighted by Gasteiger charge is 2.14. The number of thioether (sulfide) groups is 1. The van der Waals surface area contributed by atoms with Gasteiger partial charge in [-0.2, -0.15) is 0 Å². The Bertz CT molecular complexity index is 1310. The summed E-state index contributed by atoms with van der Waals surface area (Å²) in [5.41, 5.74) is 1.98.